The summed E-state index contributed by atoms with van der Waals surface area (Å²) in [6.07, 6.45) is -4.81. The Morgan fingerprint density at radius 1 is 1.41 bits per heavy atom. The lowest BCUT2D eigenvalue weighted by molar-refractivity contribution is -0.138. The number of rotatable bonds is 3. The van der Waals surface area contributed by atoms with Gasteiger partial charge in [0, 0.05) is 18.9 Å². The van der Waals surface area contributed by atoms with Crippen molar-refractivity contribution in [3.8, 4) is 17.6 Å². The molecule has 0 fully saturated rings. The highest BCUT2D eigenvalue weighted by molar-refractivity contribution is 7.89. The molecule has 0 saturated carbocycles. The molecule has 2 aromatic rings. The number of fused-ring (bicyclic) bond motifs is 1. The highest BCUT2D eigenvalue weighted by Crippen LogP contribution is 2.35. The fraction of sp³-hybridized carbons (Fsp3) is 0.350. The minimum Gasteiger partial charge on any atom is -0.488 e. The van der Waals surface area contributed by atoms with Crippen molar-refractivity contribution in [2.75, 3.05) is 11.9 Å². The van der Waals surface area contributed by atoms with E-state index in [-0.39, 0.29) is 34.2 Å². The molecule has 0 spiro atoms. The summed E-state index contributed by atoms with van der Waals surface area (Å²) in [6.45, 7) is 2.45. The van der Waals surface area contributed by atoms with Crippen LogP contribution in [0, 0.1) is 18.8 Å². The summed E-state index contributed by atoms with van der Waals surface area (Å²) in [5.74, 6) is 3.75. The van der Waals surface area contributed by atoms with Gasteiger partial charge in [-0.2, -0.15) is 13.2 Å². The molecular weight excluding hydrogens is 451 g/mol. The molecule has 2 atom stereocenters. The van der Waals surface area contributed by atoms with Crippen molar-refractivity contribution in [2.24, 2.45) is 7.05 Å². The lowest BCUT2D eigenvalue weighted by Gasteiger charge is -2.17. The van der Waals surface area contributed by atoms with Crippen LogP contribution in [0.25, 0.3) is 0 Å². The molecule has 1 aromatic heterocycles. The van der Waals surface area contributed by atoms with Crippen LogP contribution in [-0.2, 0) is 23.2 Å². The Hall–Kier alpha value is -3.01. The smallest absolute Gasteiger partial charge is 0.416 e. The van der Waals surface area contributed by atoms with Crippen LogP contribution < -0.4 is 14.8 Å². The molecule has 12 heteroatoms. The van der Waals surface area contributed by atoms with E-state index in [2.05, 4.69) is 21.9 Å². The molecule has 0 radical (unpaired) electrons. The van der Waals surface area contributed by atoms with Crippen molar-refractivity contribution in [2.45, 2.75) is 37.1 Å². The third-order valence-corrected chi connectivity index (χ3v) is 6.28. The quantitative estimate of drug-likeness (QED) is 0.594. The zero-order valence-electron chi connectivity index (χ0n) is 17.2. The second-order valence-electron chi connectivity index (χ2n) is 7.14. The molecule has 1 amide bonds. The molecule has 0 saturated heterocycles. The molecule has 2 heterocycles. The van der Waals surface area contributed by atoms with E-state index in [1.54, 1.807) is 0 Å². The topological polar surface area (TPSA) is 110 Å². The molecule has 0 bridgehead atoms. The van der Waals surface area contributed by atoms with Crippen LogP contribution in [0.1, 0.15) is 28.5 Å². The average molecular weight is 471 g/mol. The van der Waals surface area contributed by atoms with Crippen LogP contribution in [0.4, 0.5) is 18.9 Å². The first-order chi connectivity index (χ1) is 14.8. The zero-order chi connectivity index (χ0) is 23.8. The number of hydrogen-bond donors (Lipinski definition) is 3. The molecule has 3 rings (SSSR count). The van der Waals surface area contributed by atoms with Gasteiger partial charge in [-0.15, -0.1) is 5.92 Å². The van der Waals surface area contributed by atoms with Crippen molar-refractivity contribution < 1.29 is 36.2 Å². The largest absolute Gasteiger partial charge is 0.488 e. The predicted octanol–water partition coefficient (Wildman–Crippen LogP) is 2.03. The number of alkyl halides is 3. The Bertz CT molecular complexity index is 1230. The fourth-order valence-electron chi connectivity index (χ4n) is 3.24. The molecular formula is C20H20F3N3O5S. The van der Waals surface area contributed by atoms with Crippen molar-refractivity contribution in [1.29, 1.82) is 0 Å². The minimum absolute atomic E-state index is 0.0106. The standard InChI is InChI=1S/C20H20F3N3O5S/c1-4-5-15(27)14-10-31-18-16(32(29,30)25-14)9-26(3)17(18)19(28)24-12-7-6-11(2)13(8-12)20(21,22)23/h6-9,14-15,25,27H,10H2,1-3H3,(H,24,28). The molecule has 3 N–H and O–H groups in total. The van der Waals surface area contributed by atoms with Crippen LogP contribution in [0.5, 0.6) is 5.75 Å². The molecule has 2 unspecified atom stereocenters. The first-order valence-electron chi connectivity index (χ1n) is 9.29. The Balaban J connectivity index is 1.96. The number of carbonyl (C=O) groups is 1. The molecule has 1 aromatic carbocycles. The van der Waals surface area contributed by atoms with Gasteiger partial charge in [0.2, 0.25) is 10.0 Å². The van der Waals surface area contributed by atoms with E-state index in [1.165, 1.54) is 37.6 Å². The summed E-state index contributed by atoms with van der Waals surface area (Å²) in [6, 6.07) is 2.23. The average Bonchev–Trinajstić information content (AvgIpc) is 2.96. The monoisotopic (exact) mass is 471 g/mol. The number of aliphatic hydroxyl groups is 1. The summed E-state index contributed by atoms with van der Waals surface area (Å²) < 4.78 is 74.0. The number of nitrogens with one attached hydrogen (secondary N) is 2. The van der Waals surface area contributed by atoms with Gasteiger partial charge in [-0.25, -0.2) is 13.1 Å². The van der Waals surface area contributed by atoms with Crippen LogP contribution in [0.2, 0.25) is 0 Å². The number of carbonyl (C=O) groups excluding carboxylic acids is 1. The summed E-state index contributed by atoms with van der Waals surface area (Å²) in [7, 11) is -2.79. The van der Waals surface area contributed by atoms with Gasteiger partial charge >= 0.3 is 6.18 Å². The van der Waals surface area contributed by atoms with E-state index in [0.717, 1.165) is 12.3 Å². The number of aryl methyl sites for hydroxylation is 2. The van der Waals surface area contributed by atoms with Crippen LogP contribution in [-0.4, -0.2) is 42.8 Å². The highest BCUT2D eigenvalue weighted by Gasteiger charge is 2.37. The van der Waals surface area contributed by atoms with Crippen LogP contribution in [0.3, 0.4) is 0 Å². The number of benzene rings is 1. The maximum absolute atomic E-state index is 13.2. The molecule has 1 aliphatic heterocycles. The van der Waals surface area contributed by atoms with Gasteiger partial charge in [-0.3, -0.25) is 4.79 Å². The van der Waals surface area contributed by atoms with Gasteiger partial charge in [-0.05, 0) is 31.5 Å². The summed E-state index contributed by atoms with van der Waals surface area (Å²) in [4.78, 5) is 12.5. The summed E-state index contributed by atoms with van der Waals surface area (Å²) in [5, 5.41) is 12.4. The van der Waals surface area contributed by atoms with E-state index in [9.17, 15) is 31.5 Å². The Morgan fingerprint density at radius 2 is 2.09 bits per heavy atom. The first-order valence-corrected chi connectivity index (χ1v) is 10.8. The van der Waals surface area contributed by atoms with Crippen molar-refractivity contribution in [3.05, 3.63) is 41.2 Å². The molecule has 32 heavy (non-hydrogen) atoms. The Labute approximate surface area is 182 Å². The first kappa shape index (κ1) is 23.6. The fourth-order valence-corrected chi connectivity index (χ4v) is 4.66. The van der Waals surface area contributed by atoms with Gasteiger partial charge < -0.3 is 19.7 Å². The minimum atomic E-state index is -4.60. The third kappa shape index (κ3) is 4.59. The number of hydrogen-bond acceptors (Lipinski definition) is 5. The lowest BCUT2D eigenvalue weighted by atomic mass is 10.1. The number of nitrogens with zero attached hydrogens (tertiary/aromatic N) is 1. The Morgan fingerprint density at radius 3 is 2.72 bits per heavy atom. The van der Waals surface area contributed by atoms with Crippen molar-refractivity contribution in [1.82, 2.24) is 9.29 Å². The molecule has 1 aliphatic rings. The molecule has 172 valence electrons. The number of ether oxygens (including phenoxy) is 1. The number of amides is 1. The van der Waals surface area contributed by atoms with Crippen molar-refractivity contribution in [3.63, 3.8) is 0 Å². The van der Waals surface area contributed by atoms with Crippen molar-refractivity contribution >= 4 is 21.6 Å². The number of sulfonamides is 1. The maximum atomic E-state index is 13.2. The van der Waals surface area contributed by atoms with Gasteiger partial charge in [0.05, 0.1) is 11.6 Å². The number of halogens is 3. The molecule has 8 nitrogen and oxygen atoms in total. The van der Waals surface area contributed by atoms with Gasteiger partial charge in [0.25, 0.3) is 5.91 Å². The van der Waals surface area contributed by atoms with Crippen LogP contribution in [0.15, 0.2) is 29.3 Å². The predicted molar refractivity (Wildman–Crippen MR) is 109 cm³/mol. The van der Waals surface area contributed by atoms with Gasteiger partial charge in [0.1, 0.15) is 17.6 Å². The number of aliphatic hydroxyl groups excluding tert-OH is 1. The van der Waals surface area contributed by atoms with Gasteiger partial charge in [0.15, 0.2) is 11.4 Å². The zero-order valence-corrected chi connectivity index (χ0v) is 18.1. The lowest BCUT2D eigenvalue weighted by Crippen LogP contribution is -2.45. The van der Waals surface area contributed by atoms with Crippen LogP contribution >= 0.6 is 0 Å². The highest BCUT2D eigenvalue weighted by atomic mass is 32.2. The van der Waals surface area contributed by atoms with E-state index in [0.29, 0.717) is 0 Å². The van der Waals surface area contributed by atoms with E-state index in [4.69, 9.17) is 4.74 Å². The number of anilines is 1. The Kier molecular flexibility index (Phi) is 6.28. The number of aromatic nitrogens is 1. The summed E-state index contributed by atoms with van der Waals surface area (Å²) in [5.41, 5.74) is -1.25. The maximum Gasteiger partial charge on any atom is 0.416 e. The van der Waals surface area contributed by atoms with E-state index < -0.39 is 39.8 Å². The van der Waals surface area contributed by atoms with E-state index in [1.807, 2.05) is 0 Å². The normalized spacial score (nSPS) is 18.4. The van der Waals surface area contributed by atoms with E-state index >= 15 is 0 Å². The summed E-state index contributed by atoms with van der Waals surface area (Å²) >= 11 is 0. The second-order valence-corrected chi connectivity index (χ2v) is 8.82. The molecule has 0 aliphatic carbocycles. The second kappa shape index (κ2) is 8.50. The van der Waals surface area contributed by atoms with Gasteiger partial charge in [-0.1, -0.05) is 12.0 Å². The SMILES string of the molecule is CC#CC(O)C1COc2c(cn(C)c2C(=O)Nc2ccc(C)c(C(F)(F)F)c2)S(=O)(=O)N1. The third-order valence-electron chi connectivity index (χ3n) is 4.80.